The molecule has 2 N–H and O–H groups in total. The van der Waals surface area contributed by atoms with Crippen molar-refractivity contribution >= 4 is 12.4 Å². The van der Waals surface area contributed by atoms with Crippen molar-refractivity contribution in [2.24, 2.45) is 11.7 Å². The summed E-state index contributed by atoms with van der Waals surface area (Å²) in [5.41, 5.74) is 8.53. The fourth-order valence-electron chi connectivity index (χ4n) is 2.72. The van der Waals surface area contributed by atoms with Crippen LogP contribution in [0.25, 0.3) is 0 Å². The van der Waals surface area contributed by atoms with E-state index in [1.54, 1.807) is 0 Å². The maximum Gasteiger partial charge on any atom is 0.0319 e. The second-order valence-corrected chi connectivity index (χ2v) is 5.31. The van der Waals surface area contributed by atoms with E-state index in [1.165, 1.54) is 37.1 Å². The molecule has 1 fully saturated rings. The van der Waals surface area contributed by atoms with Gasteiger partial charge in [0.2, 0.25) is 0 Å². The minimum atomic E-state index is 0. The Labute approximate surface area is 117 Å². The van der Waals surface area contributed by atoms with Crippen LogP contribution in [0.4, 0.5) is 0 Å². The van der Waals surface area contributed by atoms with Crippen LogP contribution >= 0.6 is 12.4 Å². The monoisotopic (exact) mass is 268 g/mol. The summed E-state index contributed by atoms with van der Waals surface area (Å²) >= 11 is 0. The summed E-state index contributed by atoms with van der Waals surface area (Å²) < 4.78 is 0. The van der Waals surface area contributed by atoms with Crippen molar-refractivity contribution in [1.29, 1.82) is 0 Å². The molecule has 1 unspecified atom stereocenters. The highest BCUT2D eigenvalue weighted by molar-refractivity contribution is 5.85. The molecule has 0 spiro atoms. The van der Waals surface area contributed by atoms with Gasteiger partial charge in [-0.05, 0) is 57.8 Å². The average molecular weight is 269 g/mol. The predicted octanol–water partition coefficient (Wildman–Crippen LogP) is 3.15. The molecule has 3 heteroatoms. The van der Waals surface area contributed by atoms with E-state index in [-0.39, 0.29) is 12.4 Å². The Hall–Kier alpha value is -0.570. The highest BCUT2D eigenvalue weighted by Crippen LogP contribution is 2.26. The quantitative estimate of drug-likeness (QED) is 0.913. The van der Waals surface area contributed by atoms with Gasteiger partial charge < -0.3 is 5.73 Å². The zero-order valence-corrected chi connectivity index (χ0v) is 12.2. The third-order valence-electron chi connectivity index (χ3n) is 4.05. The first-order valence-electron chi connectivity index (χ1n) is 6.71. The van der Waals surface area contributed by atoms with Gasteiger partial charge in [0.1, 0.15) is 0 Å². The van der Waals surface area contributed by atoms with Gasteiger partial charge in [0.05, 0.1) is 0 Å². The SMILES string of the molecule is Cc1cccc(C(C)N2CCC(CN)CC2)c1.Cl. The van der Waals surface area contributed by atoms with Crippen molar-refractivity contribution in [3.8, 4) is 0 Å². The van der Waals surface area contributed by atoms with Crippen LogP contribution in [-0.4, -0.2) is 24.5 Å². The van der Waals surface area contributed by atoms with Gasteiger partial charge in [-0.2, -0.15) is 0 Å². The second-order valence-electron chi connectivity index (χ2n) is 5.31. The van der Waals surface area contributed by atoms with Gasteiger partial charge in [0.15, 0.2) is 0 Å². The van der Waals surface area contributed by atoms with Crippen molar-refractivity contribution in [3.05, 3.63) is 35.4 Å². The topological polar surface area (TPSA) is 29.3 Å². The number of benzene rings is 1. The first-order chi connectivity index (χ1) is 8.20. The summed E-state index contributed by atoms with van der Waals surface area (Å²) in [4.78, 5) is 2.58. The Morgan fingerprint density at radius 1 is 1.33 bits per heavy atom. The van der Waals surface area contributed by atoms with Crippen molar-refractivity contribution in [2.45, 2.75) is 32.7 Å². The Balaban J connectivity index is 0.00000162. The summed E-state index contributed by atoms with van der Waals surface area (Å²) in [6.45, 7) is 7.72. The second kappa shape index (κ2) is 7.13. The maximum absolute atomic E-state index is 5.74. The van der Waals surface area contributed by atoms with E-state index in [0.29, 0.717) is 6.04 Å². The zero-order chi connectivity index (χ0) is 12.3. The van der Waals surface area contributed by atoms with Gasteiger partial charge >= 0.3 is 0 Å². The molecule has 1 aromatic rings. The fourth-order valence-corrected chi connectivity index (χ4v) is 2.72. The number of hydrogen-bond acceptors (Lipinski definition) is 2. The molecular weight excluding hydrogens is 244 g/mol. The van der Waals surface area contributed by atoms with E-state index in [9.17, 15) is 0 Å². The van der Waals surface area contributed by atoms with Crippen LogP contribution in [0.5, 0.6) is 0 Å². The molecule has 2 nitrogen and oxygen atoms in total. The molecule has 0 radical (unpaired) electrons. The van der Waals surface area contributed by atoms with Gasteiger partial charge in [0.25, 0.3) is 0 Å². The summed E-state index contributed by atoms with van der Waals surface area (Å²) in [5, 5.41) is 0. The maximum atomic E-state index is 5.74. The lowest BCUT2D eigenvalue weighted by Crippen LogP contribution is -2.37. The predicted molar refractivity (Wildman–Crippen MR) is 80.2 cm³/mol. The summed E-state index contributed by atoms with van der Waals surface area (Å²) in [7, 11) is 0. The molecule has 1 heterocycles. The lowest BCUT2D eigenvalue weighted by Gasteiger charge is -2.36. The Kier molecular flexibility index (Phi) is 6.13. The van der Waals surface area contributed by atoms with Crippen molar-refractivity contribution < 1.29 is 0 Å². The number of likely N-dealkylation sites (tertiary alicyclic amines) is 1. The molecule has 1 aliphatic heterocycles. The molecule has 2 rings (SSSR count). The molecule has 0 aliphatic carbocycles. The normalized spacial score (nSPS) is 19.3. The first-order valence-corrected chi connectivity index (χ1v) is 6.71. The van der Waals surface area contributed by atoms with Gasteiger partial charge in [-0.1, -0.05) is 29.8 Å². The van der Waals surface area contributed by atoms with Crippen LogP contribution in [-0.2, 0) is 0 Å². The lowest BCUT2D eigenvalue weighted by atomic mass is 9.94. The smallest absolute Gasteiger partial charge is 0.0319 e. The minimum absolute atomic E-state index is 0. The number of nitrogens with two attached hydrogens (primary N) is 1. The largest absolute Gasteiger partial charge is 0.330 e. The number of rotatable bonds is 3. The fraction of sp³-hybridized carbons (Fsp3) is 0.600. The number of aryl methyl sites for hydroxylation is 1. The van der Waals surface area contributed by atoms with E-state index in [2.05, 4.69) is 43.0 Å². The van der Waals surface area contributed by atoms with Crippen LogP contribution < -0.4 is 5.73 Å². The Morgan fingerprint density at radius 2 is 2.00 bits per heavy atom. The molecule has 1 aromatic carbocycles. The molecule has 0 aromatic heterocycles. The summed E-state index contributed by atoms with van der Waals surface area (Å²) in [6.07, 6.45) is 2.51. The van der Waals surface area contributed by atoms with Gasteiger partial charge in [-0.15, -0.1) is 12.4 Å². The molecule has 1 aliphatic rings. The van der Waals surface area contributed by atoms with E-state index in [1.807, 2.05) is 0 Å². The van der Waals surface area contributed by atoms with Crippen LogP contribution in [0.2, 0.25) is 0 Å². The number of nitrogens with zero attached hydrogens (tertiary/aromatic N) is 1. The number of hydrogen-bond donors (Lipinski definition) is 1. The molecule has 0 bridgehead atoms. The van der Waals surface area contributed by atoms with Crippen LogP contribution in [0.3, 0.4) is 0 Å². The van der Waals surface area contributed by atoms with E-state index in [4.69, 9.17) is 5.73 Å². The van der Waals surface area contributed by atoms with E-state index in [0.717, 1.165) is 12.5 Å². The van der Waals surface area contributed by atoms with Crippen molar-refractivity contribution in [3.63, 3.8) is 0 Å². The van der Waals surface area contributed by atoms with Gasteiger partial charge in [-0.25, -0.2) is 0 Å². The van der Waals surface area contributed by atoms with E-state index < -0.39 is 0 Å². The molecule has 0 amide bonds. The number of piperidine rings is 1. The van der Waals surface area contributed by atoms with Crippen molar-refractivity contribution in [1.82, 2.24) is 4.90 Å². The Morgan fingerprint density at radius 3 is 2.56 bits per heavy atom. The third kappa shape index (κ3) is 3.71. The first kappa shape index (κ1) is 15.5. The number of halogens is 1. The van der Waals surface area contributed by atoms with Crippen LogP contribution in [0.15, 0.2) is 24.3 Å². The van der Waals surface area contributed by atoms with Gasteiger partial charge in [0, 0.05) is 6.04 Å². The molecule has 18 heavy (non-hydrogen) atoms. The average Bonchev–Trinajstić information content (AvgIpc) is 2.38. The minimum Gasteiger partial charge on any atom is -0.330 e. The zero-order valence-electron chi connectivity index (χ0n) is 11.4. The molecule has 102 valence electrons. The standard InChI is InChI=1S/C15H24N2.ClH/c1-12-4-3-5-15(10-12)13(2)17-8-6-14(11-16)7-9-17;/h3-5,10,13-14H,6-9,11,16H2,1-2H3;1H. The highest BCUT2D eigenvalue weighted by Gasteiger charge is 2.22. The summed E-state index contributed by atoms with van der Waals surface area (Å²) in [6, 6.07) is 9.41. The van der Waals surface area contributed by atoms with Crippen LogP contribution in [0, 0.1) is 12.8 Å². The Bertz CT molecular complexity index is 359. The van der Waals surface area contributed by atoms with Crippen molar-refractivity contribution in [2.75, 3.05) is 19.6 Å². The summed E-state index contributed by atoms with van der Waals surface area (Å²) in [5.74, 6) is 0.746. The molecule has 0 saturated carbocycles. The molecular formula is C15H25ClN2. The van der Waals surface area contributed by atoms with Gasteiger partial charge in [-0.3, -0.25) is 4.90 Å². The highest BCUT2D eigenvalue weighted by atomic mass is 35.5. The lowest BCUT2D eigenvalue weighted by molar-refractivity contribution is 0.143. The molecule has 1 atom stereocenters. The third-order valence-corrected chi connectivity index (χ3v) is 4.05. The van der Waals surface area contributed by atoms with Crippen LogP contribution in [0.1, 0.15) is 36.9 Å². The molecule has 1 saturated heterocycles. The van der Waals surface area contributed by atoms with E-state index >= 15 is 0 Å².